The molecule has 0 bridgehead atoms. The summed E-state index contributed by atoms with van der Waals surface area (Å²) in [6, 6.07) is 0.495. The van der Waals surface area contributed by atoms with E-state index in [1.54, 1.807) is 5.32 Å². The predicted molar refractivity (Wildman–Crippen MR) is 63.4 cm³/mol. The lowest BCUT2D eigenvalue weighted by atomic mass is 10.0. The molecule has 0 aliphatic heterocycles. The van der Waals surface area contributed by atoms with Crippen molar-refractivity contribution in [1.29, 1.82) is 0 Å². The number of hydrogen-bond acceptors (Lipinski definition) is 2. The van der Waals surface area contributed by atoms with Crippen molar-refractivity contribution in [2.24, 2.45) is 0 Å². The van der Waals surface area contributed by atoms with Gasteiger partial charge in [-0.15, -0.1) is 0 Å². The Kier molecular flexibility index (Phi) is 5.47. The number of alkyl halides is 3. The number of rotatable bonds is 4. The monoisotopic (exact) mass is 312 g/mol. The van der Waals surface area contributed by atoms with Gasteiger partial charge in [0.1, 0.15) is 6.54 Å². The lowest BCUT2D eigenvalue weighted by Crippen LogP contribution is -2.46. The van der Waals surface area contributed by atoms with E-state index in [1.165, 1.54) is 6.92 Å². The van der Waals surface area contributed by atoms with Crippen molar-refractivity contribution in [2.75, 3.05) is 6.54 Å². The zero-order valence-electron chi connectivity index (χ0n) is 10.8. The summed E-state index contributed by atoms with van der Waals surface area (Å²) in [6.45, 7) is -0.216. The molecule has 0 spiro atoms. The predicted octanol–water partition coefficient (Wildman–Crippen LogP) is 2.25. The molecular formula is C12H13F5N2O2. The van der Waals surface area contributed by atoms with Crippen molar-refractivity contribution in [3.05, 3.63) is 35.4 Å². The number of amides is 2. The van der Waals surface area contributed by atoms with Crippen molar-refractivity contribution in [3.8, 4) is 0 Å². The van der Waals surface area contributed by atoms with Gasteiger partial charge in [-0.2, -0.15) is 13.2 Å². The molecule has 0 saturated carbocycles. The summed E-state index contributed by atoms with van der Waals surface area (Å²) >= 11 is 0. The normalized spacial score (nSPS) is 14.4. The van der Waals surface area contributed by atoms with E-state index in [0.717, 1.165) is 18.2 Å². The minimum absolute atomic E-state index is 0.0162. The van der Waals surface area contributed by atoms with Crippen LogP contribution < -0.4 is 10.6 Å². The van der Waals surface area contributed by atoms with Crippen LogP contribution in [0.2, 0.25) is 0 Å². The fraction of sp³-hybridized carbons (Fsp3) is 0.417. The van der Waals surface area contributed by atoms with Gasteiger partial charge >= 0.3 is 12.2 Å². The average molecular weight is 312 g/mol. The van der Waals surface area contributed by atoms with Crippen LogP contribution in [-0.2, 0) is 0 Å². The molecule has 0 saturated heterocycles. The third kappa shape index (κ3) is 5.54. The molecule has 2 atom stereocenters. The van der Waals surface area contributed by atoms with Gasteiger partial charge in [0.05, 0.1) is 12.1 Å². The van der Waals surface area contributed by atoms with E-state index in [2.05, 4.69) is 5.32 Å². The Balaban J connectivity index is 2.59. The number of hydrogen-bond donors (Lipinski definition) is 3. The maximum Gasteiger partial charge on any atom is 0.405 e. The molecule has 0 aliphatic rings. The second-order valence-electron chi connectivity index (χ2n) is 4.35. The molecule has 2 amide bonds. The topological polar surface area (TPSA) is 61.4 Å². The van der Waals surface area contributed by atoms with Crippen LogP contribution in [-0.4, -0.2) is 29.9 Å². The molecule has 2 unspecified atom stereocenters. The smallest absolute Gasteiger partial charge is 0.386 e. The van der Waals surface area contributed by atoms with Crippen LogP contribution in [0.15, 0.2) is 18.2 Å². The van der Waals surface area contributed by atoms with E-state index in [9.17, 15) is 31.9 Å². The first-order valence-corrected chi connectivity index (χ1v) is 5.84. The number of carbonyl (C=O) groups is 1. The van der Waals surface area contributed by atoms with Crippen LogP contribution in [0.25, 0.3) is 0 Å². The highest BCUT2D eigenvalue weighted by molar-refractivity contribution is 5.74. The summed E-state index contributed by atoms with van der Waals surface area (Å²) in [5.74, 6) is -2.28. The van der Waals surface area contributed by atoms with Crippen LogP contribution in [0.5, 0.6) is 0 Å². The minimum atomic E-state index is -4.56. The Morgan fingerprint density at radius 1 is 1.29 bits per heavy atom. The summed E-state index contributed by atoms with van der Waals surface area (Å²) in [6.07, 6.45) is -5.96. The zero-order valence-corrected chi connectivity index (χ0v) is 10.8. The van der Waals surface area contributed by atoms with Gasteiger partial charge in [0, 0.05) is 0 Å². The van der Waals surface area contributed by atoms with Crippen molar-refractivity contribution in [3.63, 3.8) is 0 Å². The highest BCUT2D eigenvalue weighted by Gasteiger charge is 2.28. The van der Waals surface area contributed by atoms with Crippen LogP contribution >= 0.6 is 0 Å². The molecule has 21 heavy (non-hydrogen) atoms. The van der Waals surface area contributed by atoms with Crippen LogP contribution in [0.1, 0.15) is 18.6 Å². The van der Waals surface area contributed by atoms with E-state index >= 15 is 0 Å². The Morgan fingerprint density at radius 2 is 1.90 bits per heavy atom. The molecule has 0 fully saturated rings. The van der Waals surface area contributed by atoms with Crippen molar-refractivity contribution in [1.82, 2.24) is 10.6 Å². The number of aliphatic hydroxyl groups excluding tert-OH is 1. The minimum Gasteiger partial charge on any atom is -0.386 e. The molecule has 3 N–H and O–H groups in total. The SMILES string of the molecule is CC(NC(=O)NCC(F)(F)F)C(O)c1ccc(F)c(F)c1. The van der Waals surface area contributed by atoms with E-state index in [-0.39, 0.29) is 5.56 Å². The number of carbonyl (C=O) groups excluding carboxylic acids is 1. The van der Waals surface area contributed by atoms with Gasteiger partial charge in [0.15, 0.2) is 11.6 Å². The van der Waals surface area contributed by atoms with Gasteiger partial charge in [0.2, 0.25) is 0 Å². The van der Waals surface area contributed by atoms with E-state index in [0.29, 0.717) is 0 Å². The number of nitrogens with one attached hydrogen (secondary N) is 2. The summed E-state index contributed by atoms with van der Waals surface area (Å²) in [5.41, 5.74) is -0.0162. The fourth-order valence-corrected chi connectivity index (χ4v) is 1.50. The molecule has 0 heterocycles. The molecule has 1 rings (SSSR count). The molecule has 0 aromatic heterocycles. The van der Waals surface area contributed by atoms with Gasteiger partial charge in [-0.1, -0.05) is 6.07 Å². The maximum absolute atomic E-state index is 13.0. The molecule has 118 valence electrons. The van der Waals surface area contributed by atoms with Crippen molar-refractivity contribution >= 4 is 6.03 Å². The van der Waals surface area contributed by atoms with Crippen molar-refractivity contribution < 1.29 is 31.9 Å². The number of urea groups is 1. The first-order valence-electron chi connectivity index (χ1n) is 5.84. The third-order valence-corrected chi connectivity index (χ3v) is 2.57. The second kappa shape index (κ2) is 6.70. The van der Waals surface area contributed by atoms with E-state index in [1.807, 2.05) is 0 Å². The maximum atomic E-state index is 13.0. The molecule has 0 aliphatic carbocycles. The highest BCUT2D eigenvalue weighted by Crippen LogP contribution is 2.19. The molecule has 9 heteroatoms. The highest BCUT2D eigenvalue weighted by atomic mass is 19.4. The summed E-state index contributed by atoms with van der Waals surface area (Å²) in [5, 5.41) is 13.5. The van der Waals surface area contributed by atoms with Gasteiger partial charge in [-0.3, -0.25) is 0 Å². The lowest BCUT2D eigenvalue weighted by Gasteiger charge is -2.21. The fourth-order valence-electron chi connectivity index (χ4n) is 1.50. The molecule has 4 nitrogen and oxygen atoms in total. The lowest BCUT2D eigenvalue weighted by molar-refractivity contribution is -0.122. The van der Waals surface area contributed by atoms with Gasteiger partial charge in [0.25, 0.3) is 0 Å². The summed E-state index contributed by atoms with van der Waals surface area (Å²) < 4.78 is 61.4. The summed E-state index contributed by atoms with van der Waals surface area (Å²) in [7, 11) is 0. The van der Waals surface area contributed by atoms with E-state index in [4.69, 9.17) is 0 Å². The quantitative estimate of drug-likeness (QED) is 0.747. The molecule has 1 aromatic rings. The molecular weight excluding hydrogens is 299 g/mol. The first kappa shape index (κ1) is 17.2. The third-order valence-electron chi connectivity index (χ3n) is 2.57. The van der Waals surface area contributed by atoms with Crippen LogP contribution in [0, 0.1) is 11.6 Å². The largest absolute Gasteiger partial charge is 0.405 e. The first-order chi connectivity index (χ1) is 9.60. The second-order valence-corrected chi connectivity index (χ2v) is 4.35. The Morgan fingerprint density at radius 3 is 2.43 bits per heavy atom. The summed E-state index contributed by atoms with van der Waals surface area (Å²) in [4.78, 5) is 11.2. The van der Waals surface area contributed by atoms with Crippen LogP contribution in [0.4, 0.5) is 26.7 Å². The van der Waals surface area contributed by atoms with Gasteiger partial charge < -0.3 is 15.7 Å². The Labute approximate surface area is 117 Å². The zero-order chi connectivity index (χ0) is 16.2. The molecule has 1 aromatic carbocycles. The van der Waals surface area contributed by atoms with Gasteiger partial charge in [-0.05, 0) is 24.6 Å². The average Bonchev–Trinajstić information content (AvgIpc) is 2.38. The number of aliphatic hydroxyl groups is 1. The standard InChI is InChI=1S/C12H13F5N2O2/c1-6(19-11(21)18-5-12(15,16)17)10(20)7-2-3-8(13)9(14)4-7/h2-4,6,10,20H,5H2,1H3,(H2,18,19,21). The number of halogens is 5. The number of benzene rings is 1. The van der Waals surface area contributed by atoms with Crippen molar-refractivity contribution in [2.45, 2.75) is 25.2 Å². The molecule has 0 radical (unpaired) electrons. The van der Waals surface area contributed by atoms with Gasteiger partial charge in [-0.25, -0.2) is 13.6 Å². The van der Waals surface area contributed by atoms with Crippen LogP contribution in [0.3, 0.4) is 0 Å². The Bertz CT molecular complexity index is 507. The Hall–Kier alpha value is -1.90. The van der Waals surface area contributed by atoms with E-state index < -0.39 is 42.5 Å².